The van der Waals surface area contributed by atoms with E-state index < -0.39 is 0 Å². The van der Waals surface area contributed by atoms with Gasteiger partial charge in [0.15, 0.2) is 17.5 Å². The van der Waals surface area contributed by atoms with E-state index in [1.54, 1.807) is 0 Å². The lowest BCUT2D eigenvalue weighted by Gasteiger charge is -2.19. The molecule has 0 saturated heterocycles. The molecule has 0 aliphatic carbocycles. The number of hydrogen-bond acceptors (Lipinski definition) is 5. The number of nitrogens with zero attached hydrogens (tertiary/aromatic N) is 3. The van der Waals surface area contributed by atoms with Crippen LogP contribution in [-0.4, -0.2) is 15.0 Å². The zero-order chi connectivity index (χ0) is 39.6. The molecule has 60 heavy (non-hydrogen) atoms. The Hall–Kier alpha value is -8.15. The van der Waals surface area contributed by atoms with Gasteiger partial charge < -0.3 is 8.83 Å². The van der Waals surface area contributed by atoms with Crippen LogP contribution in [0.1, 0.15) is 0 Å². The van der Waals surface area contributed by atoms with Gasteiger partial charge >= 0.3 is 0 Å². The van der Waals surface area contributed by atoms with Gasteiger partial charge in [-0.3, -0.25) is 0 Å². The van der Waals surface area contributed by atoms with E-state index in [1.165, 1.54) is 0 Å². The smallest absolute Gasteiger partial charge is 0.164 e. The molecule has 0 radical (unpaired) electrons. The molecule has 12 rings (SSSR count). The second-order valence-electron chi connectivity index (χ2n) is 15.1. The lowest BCUT2D eigenvalue weighted by molar-refractivity contribution is 0.669. The molecule has 0 aliphatic rings. The van der Waals surface area contributed by atoms with Crippen molar-refractivity contribution in [2.45, 2.75) is 0 Å². The topological polar surface area (TPSA) is 65.0 Å². The van der Waals surface area contributed by atoms with Crippen LogP contribution in [-0.2, 0) is 0 Å². The average molecular weight is 768 g/mol. The van der Waals surface area contributed by atoms with E-state index in [2.05, 4.69) is 152 Å². The summed E-state index contributed by atoms with van der Waals surface area (Å²) in [5, 5.41) is 6.45. The number of para-hydroxylation sites is 1. The maximum atomic E-state index is 6.53. The highest BCUT2D eigenvalue weighted by atomic mass is 16.3. The molecule has 0 unspecified atom stereocenters. The molecule has 0 atom stereocenters. The lowest BCUT2D eigenvalue weighted by Crippen LogP contribution is -2.02. The molecule has 0 aliphatic heterocycles. The highest BCUT2D eigenvalue weighted by Crippen LogP contribution is 2.45. The first-order chi connectivity index (χ1) is 29.7. The van der Waals surface area contributed by atoms with Crippen molar-refractivity contribution < 1.29 is 8.83 Å². The molecule has 0 fully saturated rings. The van der Waals surface area contributed by atoms with Gasteiger partial charge in [-0.25, -0.2) is 15.0 Å². The molecule has 0 saturated carbocycles. The fourth-order valence-corrected chi connectivity index (χ4v) is 8.76. The molecular weight excluding hydrogens is 735 g/mol. The van der Waals surface area contributed by atoms with Gasteiger partial charge in [-0.05, 0) is 81.1 Å². The van der Waals surface area contributed by atoms with Gasteiger partial charge in [-0.1, -0.05) is 158 Å². The van der Waals surface area contributed by atoms with Gasteiger partial charge in [0.2, 0.25) is 0 Å². The SMILES string of the molecule is c1ccc(-c2cc(-c3ccc4c(c3)oc3ccccc34)c(-c3ccccc3)c(-c3nc(-c4ccccc4)nc(-c4cccc5oc6ccc7ccccc7c6c45)n3)c2)cc1. The Kier molecular flexibility index (Phi) is 7.78. The first-order valence-electron chi connectivity index (χ1n) is 20.1. The number of fused-ring (bicyclic) bond motifs is 8. The number of hydrogen-bond donors (Lipinski definition) is 0. The summed E-state index contributed by atoms with van der Waals surface area (Å²) < 4.78 is 13.0. The van der Waals surface area contributed by atoms with E-state index in [0.29, 0.717) is 17.5 Å². The van der Waals surface area contributed by atoms with Crippen molar-refractivity contribution >= 4 is 54.6 Å². The second kappa shape index (κ2) is 13.8. The first kappa shape index (κ1) is 33.9. The molecule has 12 aromatic rings. The van der Waals surface area contributed by atoms with Gasteiger partial charge in [0.25, 0.3) is 0 Å². The first-order valence-corrected chi connectivity index (χ1v) is 20.1. The van der Waals surface area contributed by atoms with Crippen molar-refractivity contribution in [2.24, 2.45) is 0 Å². The molecule has 0 N–H and O–H groups in total. The minimum Gasteiger partial charge on any atom is -0.456 e. The van der Waals surface area contributed by atoms with Gasteiger partial charge in [-0.2, -0.15) is 0 Å². The molecule has 5 heteroatoms. The summed E-state index contributed by atoms with van der Waals surface area (Å²) in [6.45, 7) is 0. The summed E-state index contributed by atoms with van der Waals surface area (Å²) in [5.74, 6) is 1.71. The molecule has 0 amide bonds. The molecule has 280 valence electrons. The Bertz CT molecular complexity index is 3590. The van der Waals surface area contributed by atoms with Crippen LogP contribution < -0.4 is 0 Å². The maximum Gasteiger partial charge on any atom is 0.164 e. The van der Waals surface area contributed by atoms with Crippen LogP contribution in [0.3, 0.4) is 0 Å². The Morgan fingerprint density at radius 2 is 0.867 bits per heavy atom. The Morgan fingerprint density at radius 1 is 0.283 bits per heavy atom. The van der Waals surface area contributed by atoms with Crippen molar-refractivity contribution in [1.29, 1.82) is 0 Å². The molecule has 0 bridgehead atoms. The van der Waals surface area contributed by atoms with Crippen LogP contribution in [0, 0.1) is 0 Å². The number of benzene rings is 9. The highest BCUT2D eigenvalue weighted by Gasteiger charge is 2.23. The summed E-state index contributed by atoms with van der Waals surface area (Å²) in [5.41, 5.74) is 12.2. The van der Waals surface area contributed by atoms with E-state index in [4.69, 9.17) is 23.8 Å². The standard InChI is InChI=1S/C55H33N3O2/c1-4-15-34(16-5-1)39-31-44(38-27-29-42-41-23-12-13-25-46(41)59-49(42)33-38)50(36-18-6-2-7-19-36)45(32-39)55-57-53(37-20-8-3-9-21-37)56-54(58-55)43-24-14-26-47-52(43)51-40-22-11-10-17-35(40)28-30-48(51)60-47/h1-33H. The average Bonchev–Trinajstić information content (AvgIpc) is 3.90. The van der Waals surface area contributed by atoms with Crippen LogP contribution in [0.15, 0.2) is 209 Å². The third kappa shape index (κ3) is 5.59. The van der Waals surface area contributed by atoms with Crippen LogP contribution in [0.5, 0.6) is 0 Å². The lowest BCUT2D eigenvalue weighted by atomic mass is 9.86. The van der Waals surface area contributed by atoms with E-state index >= 15 is 0 Å². The van der Waals surface area contributed by atoms with Crippen molar-refractivity contribution in [3.05, 3.63) is 200 Å². The van der Waals surface area contributed by atoms with Crippen molar-refractivity contribution in [1.82, 2.24) is 15.0 Å². The number of rotatable bonds is 6. The summed E-state index contributed by atoms with van der Waals surface area (Å²) >= 11 is 0. The van der Waals surface area contributed by atoms with E-state index in [0.717, 1.165) is 105 Å². The van der Waals surface area contributed by atoms with Gasteiger partial charge in [-0.15, -0.1) is 0 Å². The number of aromatic nitrogens is 3. The van der Waals surface area contributed by atoms with Crippen LogP contribution >= 0.6 is 0 Å². The Labute approximate surface area is 344 Å². The van der Waals surface area contributed by atoms with Crippen LogP contribution in [0.2, 0.25) is 0 Å². The van der Waals surface area contributed by atoms with E-state index in [-0.39, 0.29) is 0 Å². The monoisotopic (exact) mass is 767 g/mol. The van der Waals surface area contributed by atoms with E-state index in [9.17, 15) is 0 Å². The quantitative estimate of drug-likeness (QED) is 0.169. The fraction of sp³-hybridized carbons (Fsp3) is 0. The summed E-state index contributed by atoms with van der Waals surface area (Å²) in [7, 11) is 0. The summed E-state index contributed by atoms with van der Waals surface area (Å²) in [6.07, 6.45) is 0. The Balaban J connectivity index is 1.18. The highest BCUT2D eigenvalue weighted by molar-refractivity contribution is 6.22. The molecule has 5 nitrogen and oxygen atoms in total. The molecule has 0 spiro atoms. The Morgan fingerprint density at radius 3 is 1.67 bits per heavy atom. The van der Waals surface area contributed by atoms with Crippen molar-refractivity contribution in [3.63, 3.8) is 0 Å². The van der Waals surface area contributed by atoms with Gasteiger partial charge in [0, 0.05) is 43.8 Å². The zero-order valence-electron chi connectivity index (χ0n) is 32.2. The maximum absolute atomic E-state index is 6.53. The van der Waals surface area contributed by atoms with Crippen molar-refractivity contribution in [2.75, 3.05) is 0 Å². The fourth-order valence-electron chi connectivity index (χ4n) is 8.76. The molecule has 9 aromatic carbocycles. The van der Waals surface area contributed by atoms with Gasteiger partial charge in [0.1, 0.15) is 22.3 Å². The minimum absolute atomic E-state index is 0.564. The van der Waals surface area contributed by atoms with Gasteiger partial charge in [0.05, 0.1) is 0 Å². The summed E-state index contributed by atoms with van der Waals surface area (Å²) in [4.78, 5) is 16.1. The minimum atomic E-state index is 0.564. The van der Waals surface area contributed by atoms with E-state index in [1.807, 2.05) is 48.5 Å². The zero-order valence-corrected chi connectivity index (χ0v) is 32.2. The van der Waals surface area contributed by atoms with Crippen LogP contribution in [0.25, 0.3) is 122 Å². The third-order valence-corrected chi connectivity index (χ3v) is 11.5. The molecule has 3 heterocycles. The second-order valence-corrected chi connectivity index (χ2v) is 15.1. The molecular formula is C55H33N3O2. The number of furan rings is 2. The van der Waals surface area contributed by atoms with Crippen molar-refractivity contribution in [3.8, 4) is 67.5 Å². The summed E-state index contributed by atoms with van der Waals surface area (Å²) in [6, 6.07) is 69.2. The predicted octanol–water partition coefficient (Wildman–Crippen LogP) is 14.8. The molecule has 3 aromatic heterocycles. The largest absolute Gasteiger partial charge is 0.456 e. The third-order valence-electron chi connectivity index (χ3n) is 11.5. The van der Waals surface area contributed by atoms with Crippen LogP contribution in [0.4, 0.5) is 0 Å². The predicted molar refractivity (Wildman–Crippen MR) is 245 cm³/mol. The normalized spacial score (nSPS) is 11.7.